The van der Waals surface area contributed by atoms with Crippen molar-refractivity contribution in [1.29, 1.82) is 0 Å². The molecule has 1 aromatic heterocycles. The summed E-state index contributed by atoms with van der Waals surface area (Å²) in [4.78, 5) is 26.4. The van der Waals surface area contributed by atoms with Gasteiger partial charge in [-0.05, 0) is 38.2 Å². The van der Waals surface area contributed by atoms with Crippen molar-refractivity contribution < 1.29 is 9.59 Å². The van der Waals surface area contributed by atoms with Crippen molar-refractivity contribution in [2.45, 2.75) is 38.1 Å². The van der Waals surface area contributed by atoms with Crippen molar-refractivity contribution in [3.8, 4) is 0 Å². The van der Waals surface area contributed by atoms with Gasteiger partial charge in [0.25, 0.3) is 5.91 Å². The Bertz CT molecular complexity index is 566. The first kappa shape index (κ1) is 12.9. The fraction of sp³-hybridized carbons (Fsp3) is 0.667. The molecule has 3 aliphatic rings. The molecule has 6 heteroatoms. The Hall–Kier alpha value is -1.85. The molecule has 4 rings (SSSR count). The lowest BCUT2D eigenvalue weighted by molar-refractivity contribution is -0.124. The standard InChI is InChI=1S/C15H20N4O2/c20-13(17-10-2-1-3-10)11-8-15(11)5-7-19(9-15)14(21)12-4-6-16-18-12/h4,6,10-11H,1-3,5,7-9H2,(H,16,18)(H,17,20). The summed E-state index contributed by atoms with van der Waals surface area (Å²) in [7, 11) is 0. The number of nitrogens with one attached hydrogen (secondary N) is 2. The van der Waals surface area contributed by atoms with Gasteiger partial charge in [-0.15, -0.1) is 0 Å². The van der Waals surface area contributed by atoms with E-state index in [1.54, 1.807) is 12.3 Å². The number of rotatable bonds is 3. The van der Waals surface area contributed by atoms with E-state index in [0.29, 0.717) is 18.3 Å². The molecule has 1 aromatic rings. The molecule has 2 N–H and O–H groups in total. The van der Waals surface area contributed by atoms with Gasteiger partial charge in [-0.25, -0.2) is 0 Å². The van der Waals surface area contributed by atoms with Crippen LogP contribution in [0.5, 0.6) is 0 Å². The summed E-state index contributed by atoms with van der Waals surface area (Å²) in [5, 5.41) is 9.68. The molecular formula is C15H20N4O2. The SMILES string of the molecule is O=C(NC1CCC1)C1CC12CCN(C(=O)c1ccn[nH]1)C2. The number of carbonyl (C=O) groups excluding carboxylic acids is 2. The molecule has 6 nitrogen and oxygen atoms in total. The van der Waals surface area contributed by atoms with Crippen LogP contribution >= 0.6 is 0 Å². The molecule has 21 heavy (non-hydrogen) atoms. The van der Waals surface area contributed by atoms with Gasteiger partial charge in [0.15, 0.2) is 0 Å². The largest absolute Gasteiger partial charge is 0.353 e. The van der Waals surface area contributed by atoms with Crippen molar-refractivity contribution in [1.82, 2.24) is 20.4 Å². The Morgan fingerprint density at radius 2 is 2.29 bits per heavy atom. The second-order valence-corrected chi connectivity index (χ2v) is 6.70. The van der Waals surface area contributed by atoms with Crippen LogP contribution in [0, 0.1) is 11.3 Å². The van der Waals surface area contributed by atoms with Gasteiger partial charge in [0.2, 0.25) is 5.91 Å². The second-order valence-electron chi connectivity index (χ2n) is 6.70. The van der Waals surface area contributed by atoms with E-state index in [9.17, 15) is 9.59 Å². The second kappa shape index (κ2) is 4.58. The van der Waals surface area contributed by atoms with E-state index in [1.807, 2.05) is 4.90 Å². The van der Waals surface area contributed by atoms with Crippen LogP contribution in [-0.4, -0.2) is 46.0 Å². The summed E-state index contributed by atoms with van der Waals surface area (Å²) < 4.78 is 0. The Morgan fingerprint density at radius 3 is 2.95 bits per heavy atom. The molecular weight excluding hydrogens is 268 g/mol. The van der Waals surface area contributed by atoms with Crippen LogP contribution in [-0.2, 0) is 4.79 Å². The number of hydrogen-bond donors (Lipinski definition) is 2. The molecule has 2 heterocycles. The van der Waals surface area contributed by atoms with Gasteiger partial charge >= 0.3 is 0 Å². The first-order valence-electron chi connectivity index (χ1n) is 7.77. The Morgan fingerprint density at radius 1 is 1.43 bits per heavy atom. The fourth-order valence-electron chi connectivity index (χ4n) is 3.64. The lowest BCUT2D eigenvalue weighted by atomic mass is 9.92. The number of aromatic nitrogens is 2. The van der Waals surface area contributed by atoms with E-state index in [-0.39, 0.29) is 23.1 Å². The lowest BCUT2D eigenvalue weighted by Crippen LogP contribution is -2.41. The van der Waals surface area contributed by atoms with Crippen molar-refractivity contribution >= 4 is 11.8 Å². The molecule has 1 saturated heterocycles. The van der Waals surface area contributed by atoms with E-state index < -0.39 is 0 Å². The average Bonchev–Trinajstić information content (AvgIpc) is 2.84. The topological polar surface area (TPSA) is 78.1 Å². The molecule has 0 bridgehead atoms. The molecule has 2 aliphatic carbocycles. The maximum absolute atomic E-state index is 12.3. The highest BCUT2D eigenvalue weighted by atomic mass is 16.2. The summed E-state index contributed by atoms with van der Waals surface area (Å²) in [6.07, 6.45) is 6.93. The molecule has 2 amide bonds. The minimum atomic E-state index is -0.00516. The molecule has 3 fully saturated rings. The monoisotopic (exact) mass is 288 g/mol. The molecule has 2 atom stereocenters. The van der Waals surface area contributed by atoms with E-state index in [2.05, 4.69) is 15.5 Å². The van der Waals surface area contributed by atoms with Crippen LogP contribution < -0.4 is 5.32 Å². The number of nitrogens with zero attached hydrogens (tertiary/aromatic N) is 2. The summed E-state index contributed by atoms with van der Waals surface area (Å²) in [5.41, 5.74) is 0.576. The van der Waals surface area contributed by atoms with E-state index in [4.69, 9.17) is 0 Å². The van der Waals surface area contributed by atoms with Gasteiger partial charge < -0.3 is 10.2 Å². The van der Waals surface area contributed by atoms with Crippen LogP contribution in [0.3, 0.4) is 0 Å². The minimum absolute atomic E-state index is 0.00516. The maximum Gasteiger partial charge on any atom is 0.271 e. The third-order valence-electron chi connectivity index (χ3n) is 5.36. The van der Waals surface area contributed by atoms with Crippen LogP contribution in [0.25, 0.3) is 0 Å². The molecule has 112 valence electrons. The first-order chi connectivity index (χ1) is 10.2. The van der Waals surface area contributed by atoms with E-state index >= 15 is 0 Å². The molecule has 0 radical (unpaired) electrons. The summed E-state index contributed by atoms with van der Waals surface area (Å²) in [6, 6.07) is 2.10. The zero-order valence-corrected chi connectivity index (χ0v) is 12.0. The van der Waals surface area contributed by atoms with Gasteiger partial charge in [-0.2, -0.15) is 5.10 Å². The van der Waals surface area contributed by atoms with Crippen LogP contribution in [0.4, 0.5) is 0 Å². The third-order valence-corrected chi connectivity index (χ3v) is 5.36. The number of H-pyrrole nitrogens is 1. The average molecular weight is 288 g/mol. The Balaban J connectivity index is 1.36. The van der Waals surface area contributed by atoms with Crippen molar-refractivity contribution in [3.63, 3.8) is 0 Å². The van der Waals surface area contributed by atoms with Crippen molar-refractivity contribution in [2.75, 3.05) is 13.1 Å². The maximum atomic E-state index is 12.3. The summed E-state index contributed by atoms with van der Waals surface area (Å²) in [5.74, 6) is 0.308. The summed E-state index contributed by atoms with van der Waals surface area (Å²) in [6.45, 7) is 1.44. The first-order valence-corrected chi connectivity index (χ1v) is 7.77. The highest BCUT2D eigenvalue weighted by Crippen LogP contribution is 2.58. The summed E-state index contributed by atoms with van der Waals surface area (Å²) >= 11 is 0. The van der Waals surface area contributed by atoms with Crippen LogP contribution in [0.2, 0.25) is 0 Å². The highest BCUT2D eigenvalue weighted by molar-refractivity contribution is 5.92. The van der Waals surface area contributed by atoms with Crippen LogP contribution in [0.1, 0.15) is 42.6 Å². The molecule has 2 unspecified atom stereocenters. The molecule has 1 spiro atoms. The molecule has 1 aliphatic heterocycles. The minimum Gasteiger partial charge on any atom is -0.353 e. The van der Waals surface area contributed by atoms with Gasteiger partial charge in [-0.3, -0.25) is 14.7 Å². The van der Waals surface area contributed by atoms with Crippen LogP contribution in [0.15, 0.2) is 12.3 Å². The number of amides is 2. The number of aromatic amines is 1. The number of carbonyl (C=O) groups is 2. The van der Waals surface area contributed by atoms with Crippen molar-refractivity contribution in [2.24, 2.45) is 11.3 Å². The Kier molecular flexibility index (Phi) is 2.80. The third kappa shape index (κ3) is 2.13. The molecule has 0 aromatic carbocycles. The van der Waals surface area contributed by atoms with Gasteiger partial charge in [-0.1, -0.05) is 0 Å². The van der Waals surface area contributed by atoms with Gasteiger partial charge in [0, 0.05) is 36.7 Å². The van der Waals surface area contributed by atoms with Gasteiger partial charge in [0.1, 0.15) is 5.69 Å². The normalized spacial score (nSPS) is 31.2. The predicted octanol–water partition coefficient (Wildman–Crippen LogP) is 0.931. The zero-order valence-electron chi connectivity index (χ0n) is 12.0. The number of likely N-dealkylation sites (tertiary alicyclic amines) is 1. The smallest absolute Gasteiger partial charge is 0.271 e. The quantitative estimate of drug-likeness (QED) is 0.868. The van der Waals surface area contributed by atoms with E-state index in [1.165, 1.54) is 6.42 Å². The van der Waals surface area contributed by atoms with E-state index in [0.717, 1.165) is 32.2 Å². The highest BCUT2D eigenvalue weighted by Gasteiger charge is 2.61. The lowest BCUT2D eigenvalue weighted by Gasteiger charge is -2.26. The Labute approximate surface area is 123 Å². The zero-order chi connectivity index (χ0) is 14.4. The van der Waals surface area contributed by atoms with Crippen molar-refractivity contribution in [3.05, 3.63) is 18.0 Å². The van der Waals surface area contributed by atoms with Gasteiger partial charge in [0.05, 0.1) is 0 Å². The number of hydrogen-bond acceptors (Lipinski definition) is 3. The molecule has 2 saturated carbocycles. The predicted molar refractivity (Wildman–Crippen MR) is 75.4 cm³/mol. The fourth-order valence-corrected chi connectivity index (χ4v) is 3.64.